The number of amides is 2. The molecule has 4 N–H and O–H groups in total. The number of aliphatic hydroxyl groups excluding tert-OH is 1. The summed E-state index contributed by atoms with van der Waals surface area (Å²) in [6.07, 6.45) is -0.889. The molecule has 0 saturated carbocycles. The Morgan fingerprint density at radius 3 is 2.38 bits per heavy atom. The molecule has 1 atom stereocenters. The molecule has 0 fully saturated rings. The largest absolute Gasteiger partial charge is 0.508 e. The average Bonchev–Trinajstić information content (AvgIpc) is 2.40. The zero-order valence-electron chi connectivity index (χ0n) is 11.8. The van der Waals surface area contributed by atoms with Crippen LogP contribution in [0, 0.1) is 0 Å². The number of hydrogen-bond acceptors (Lipinski definition) is 5. The van der Waals surface area contributed by atoms with E-state index < -0.39 is 24.1 Å². The first-order valence-corrected chi connectivity index (χ1v) is 6.13. The fraction of sp³-hybridized carbons (Fsp3) is 0.286. The van der Waals surface area contributed by atoms with E-state index in [9.17, 15) is 14.7 Å². The number of rotatable bonds is 5. The molecule has 7 nitrogen and oxygen atoms in total. The molecule has 0 spiro atoms. The van der Waals surface area contributed by atoms with Crippen molar-refractivity contribution in [2.45, 2.75) is 19.4 Å². The number of allylic oxidation sites excluding steroid dienone is 1. The third kappa shape index (κ3) is 4.81. The van der Waals surface area contributed by atoms with Crippen LogP contribution in [0.1, 0.15) is 13.8 Å². The minimum atomic E-state index is -1.57. The molecule has 0 bridgehead atoms. The SMILES string of the molecule is C=C(C)OC(=O)N[C@@](C)(CO)C(=O)Nc1ccc(O)cc1. The summed E-state index contributed by atoms with van der Waals surface area (Å²) in [6, 6.07) is 5.76. The van der Waals surface area contributed by atoms with Crippen molar-refractivity contribution < 1.29 is 24.5 Å². The number of ether oxygens (including phenoxy) is 1. The van der Waals surface area contributed by atoms with E-state index in [4.69, 9.17) is 9.84 Å². The molecule has 1 aromatic rings. The fourth-order valence-electron chi connectivity index (χ4n) is 1.39. The van der Waals surface area contributed by atoms with E-state index in [0.717, 1.165) is 0 Å². The Bertz CT molecular complexity index is 541. The average molecular weight is 294 g/mol. The number of hydrogen-bond donors (Lipinski definition) is 4. The second-order valence-electron chi connectivity index (χ2n) is 4.71. The Labute approximate surface area is 122 Å². The highest BCUT2D eigenvalue weighted by Crippen LogP contribution is 2.16. The van der Waals surface area contributed by atoms with Crippen molar-refractivity contribution in [3.05, 3.63) is 36.6 Å². The zero-order chi connectivity index (χ0) is 16.0. The van der Waals surface area contributed by atoms with Gasteiger partial charge in [-0.15, -0.1) is 0 Å². The van der Waals surface area contributed by atoms with Crippen molar-refractivity contribution in [2.75, 3.05) is 11.9 Å². The normalized spacial score (nSPS) is 12.9. The van der Waals surface area contributed by atoms with Crippen molar-refractivity contribution >= 4 is 17.7 Å². The number of carbonyl (C=O) groups excluding carboxylic acids is 2. The highest BCUT2D eigenvalue weighted by Gasteiger charge is 2.35. The first-order chi connectivity index (χ1) is 9.76. The van der Waals surface area contributed by atoms with Gasteiger partial charge in [-0.3, -0.25) is 4.79 Å². The van der Waals surface area contributed by atoms with Crippen LogP contribution in [0.25, 0.3) is 0 Å². The minimum absolute atomic E-state index is 0.0566. The Morgan fingerprint density at radius 2 is 1.90 bits per heavy atom. The summed E-state index contributed by atoms with van der Waals surface area (Å²) in [5.74, 6) is -0.415. The van der Waals surface area contributed by atoms with Gasteiger partial charge in [0.25, 0.3) is 5.91 Å². The summed E-state index contributed by atoms with van der Waals surface area (Å²) in [6.45, 7) is 5.61. The van der Waals surface area contributed by atoms with Gasteiger partial charge in [-0.2, -0.15) is 0 Å². The number of aromatic hydroxyl groups is 1. The van der Waals surface area contributed by atoms with Crippen LogP contribution in [0.15, 0.2) is 36.6 Å². The maximum Gasteiger partial charge on any atom is 0.413 e. The topological polar surface area (TPSA) is 108 Å². The van der Waals surface area contributed by atoms with Crippen LogP contribution >= 0.6 is 0 Å². The van der Waals surface area contributed by atoms with Gasteiger partial charge in [0.2, 0.25) is 0 Å². The van der Waals surface area contributed by atoms with E-state index in [-0.39, 0.29) is 11.5 Å². The maximum atomic E-state index is 12.1. The van der Waals surface area contributed by atoms with Crippen molar-refractivity contribution in [1.29, 1.82) is 0 Å². The lowest BCUT2D eigenvalue weighted by Crippen LogP contribution is -2.57. The standard InChI is InChI=1S/C14H18N2O5/c1-9(2)21-13(20)16-14(3,8-17)12(19)15-10-4-6-11(18)7-5-10/h4-7,17-18H,1,8H2,2-3H3,(H,15,19)(H,16,20)/t14-/m0/s1. The second-order valence-corrected chi connectivity index (χ2v) is 4.71. The van der Waals surface area contributed by atoms with Gasteiger partial charge < -0.3 is 25.6 Å². The number of nitrogens with one attached hydrogen (secondary N) is 2. The number of benzene rings is 1. The van der Waals surface area contributed by atoms with Gasteiger partial charge in [0, 0.05) is 5.69 Å². The van der Waals surface area contributed by atoms with E-state index in [0.29, 0.717) is 5.69 Å². The van der Waals surface area contributed by atoms with Crippen LogP contribution in [0.3, 0.4) is 0 Å². The lowest BCUT2D eigenvalue weighted by molar-refractivity contribution is -0.123. The van der Waals surface area contributed by atoms with Crippen LogP contribution in [-0.2, 0) is 9.53 Å². The van der Waals surface area contributed by atoms with Crippen LogP contribution < -0.4 is 10.6 Å². The molecule has 7 heteroatoms. The van der Waals surface area contributed by atoms with E-state index in [1.807, 2.05) is 0 Å². The van der Waals surface area contributed by atoms with Crippen molar-refractivity contribution in [2.24, 2.45) is 0 Å². The predicted octanol–water partition coefficient (Wildman–Crippen LogP) is 1.34. The fourth-order valence-corrected chi connectivity index (χ4v) is 1.39. The maximum absolute atomic E-state index is 12.1. The van der Waals surface area contributed by atoms with Gasteiger partial charge >= 0.3 is 6.09 Å². The first kappa shape index (κ1) is 16.5. The number of phenols is 1. The summed E-state index contributed by atoms with van der Waals surface area (Å²) >= 11 is 0. The molecule has 21 heavy (non-hydrogen) atoms. The van der Waals surface area contributed by atoms with Crippen molar-refractivity contribution in [3.8, 4) is 5.75 Å². The van der Waals surface area contributed by atoms with Crippen LogP contribution in [0.4, 0.5) is 10.5 Å². The van der Waals surface area contributed by atoms with Gasteiger partial charge in [-0.25, -0.2) is 4.79 Å². The van der Waals surface area contributed by atoms with Crippen LogP contribution in [0.2, 0.25) is 0 Å². The molecule has 0 saturated heterocycles. The summed E-state index contributed by atoms with van der Waals surface area (Å²) in [5, 5.41) is 23.3. The van der Waals surface area contributed by atoms with Gasteiger partial charge in [-0.1, -0.05) is 6.58 Å². The summed E-state index contributed by atoms with van der Waals surface area (Å²) in [5.41, 5.74) is -1.16. The van der Waals surface area contributed by atoms with E-state index in [1.165, 1.54) is 38.1 Å². The first-order valence-electron chi connectivity index (χ1n) is 6.13. The van der Waals surface area contributed by atoms with Crippen LogP contribution in [0.5, 0.6) is 5.75 Å². The minimum Gasteiger partial charge on any atom is -0.508 e. The van der Waals surface area contributed by atoms with Crippen molar-refractivity contribution in [3.63, 3.8) is 0 Å². The molecule has 0 aliphatic carbocycles. The smallest absolute Gasteiger partial charge is 0.413 e. The zero-order valence-corrected chi connectivity index (χ0v) is 11.8. The monoisotopic (exact) mass is 294 g/mol. The van der Waals surface area contributed by atoms with E-state index >= 15 is 0 Å². The lowest BCUT2D eigenvalue weighted by Gasteiger charge is -2.26. The summed E-state index contributed by atoms with van der Waals surface area (Å²) < 4.78 is 4.70. The lowest BCUT2D eigenvalue weighted by atomic mass is 10.0. The summed E-state index contributed by atoms with van der Waals surface area (Å²) in [4.78, 5) is 23.7. The number of alkyl carbamates (subject to hydrolysis) is 1. The van der Waals surface area contributed by atoms with Gasteiger partial charge in [0.1, 0.15) is 11.3 Å². The Hall–Kier alpha value is -2.54. The molecule has 0 aromatic heterocycles. The number of phenolic OH excluding ortho intramolecular Hbond substituents is 1. The Balaban J connectivity index is 2.77. The van der Waals surface area contributed by atoms with Gasteiger partial charge in [0.05, 0.1) is 12.4 Å². The molecule has 1 aromatic carbocycles. The molecule has 0 unspecified atom stereocenters. The summed E-state index contributed by atoms with van der Waals surface area (Å²) in [7, 11) is 0. The second kappa shape index (κ2) is 6.76. The third-order valence-corrected chi connectivity index (χ3v) is 2.59. The quantitative estimate of drug-likeness (QED) is 0.484. The van der Waals surface area contributed by atoms with E-state index in [2.05, 4.69) is 17.2 Å². The third-order valence-electron chi connectivity index (χ3n) is 2.59. The molecular formula is C14H18N2O5. The van der Waals surface area contributed by atoms with Crippen LogP contribution in [-0.4, -0.2) is 34.4 Å². The highest BCUT2D eigenvalue weighted by atomic mass is 16.6. The molecule has 1 rings (SSSR count). The van der Waals surface area contributed by atoms with Crippen molar-refractivity contribution in [1.82, 2.24) is 5.32 Å². The molecule has 0 aliphatic rings. The Morgan fingerprint density at radius 1 is 1.33 bits per heavy atom. The Kier molecular flexibility index (Phi) is 5.31. The molecular weight excluding hydrogens is 276 g/mol. The van der Waals surface area contributed by atoms with Gasteiger partial charge in [-0.05, 0) is 38.1 Å². The highest BCUT2D eigenvalue weighted by molar-refractivity contribution is 5.99. The molecule has 2 amide bonds. The van der Waals surface area contributed by atoms with Gasteiger partial charge in [0.15, 0.2) is 0 Å². The molecule has 0 radical (unpaired) electrons. The molecule has 114 valence electrons. The van der Waals surface area contributed by atoms with E-state index in [1.54, 1.807) is 0 Å². The number of aliphatic hydroxyl groups is 1. The molecule has 0 aliphatic heterocycles. The number of carbonyl (C=O) groups is 2. The molecule has 0 heterocycles. The predicted molar refractivity (Wildman–Crippen MR) is 76.7 cm³/mol. The number of anilines is 1.